The van der Waals surface area contributed by atoms with E-state index in [0.29, 0.717) is 35.2 Å². The van der Waals surface area contributed by atoms with Gasteiger partial charge in [0.05, 0.1) is 22.1 Å². The number of nitrogens with one attached hydrogen (secondary N) is 4. The average molecular weight is 1070 g/mol. The van der Waals surface area contributed by atoms with E-state index in [1.165, 1.54) is 32.6 Å². The monoisotopic (exact) mass is 1070 g/mol. The van der Waals surface area contributed by atoms with Crippen molar-refractivity contribution in [2.45, 2.75) is 19.9 Å². The second-order valence-electron chi connectivity index (χ2n) is 21.4. The van der Waals surface area contributed by atoms with Gasteiger partial charge in [0.25, 0.3) is 0 Å². The highest BCUT2D eigenvalue weighted by molar-refractivity contribution is 6.15. The Balaban J connectivity index is 0.863. The van der Waals surface area contributed by atoms with Gasteiger partial charge >= 0.3 is 0 Å². The third-order valence-corrected chi connectivity index (χ3v) is 16.0. The minimum absolute atomic E-state index is 0.0559. The predicted octanol–water partition coefficient (Wildman–Crippen LogP) is 17.9. The van der Waals surface area contributed by atoms with Gasteiger partial charge in [0, 0.05) is 83.5 Å². The molecule has 14 aromatic rings. The molecule has 0 radical (unpaired) electrons. The molecule has 1 atom stereocenters. The van der Waals surface area contributed by atoms with E-state index >= 15 is 0 Å². The zero-order chi connectivity index (χ0) is 56.1. The molecule has 83 heavy (non-hydrogen) atoms. The van der Waals surface area contributed by atoms with Crippen molar-refractivity contribution in [1.82, 2.24) is 13.7 Å². The summed E-state index contributed by atoms with van der Waals surface area (Å²) in [5.41, 5.74) is 16.4. The Hall–Kier alpha value is -10.9. The quantitative estimate of drug-likeness (QED) is 0.0718. The number of hydrogen-bond acceptors (Lipinski definition) is 6. The van der Waals surface area contributed by atoms with Gasteiger partial charge in [-0.2, -0.15) is 0 Å². The summed E-state index contributed by atoms with van der Waals surface area (Å²) < 4.78 is 18.9. The Morgan fingerprint density at radius 3 is 1.06 bits per heavy atom. The zero-order valence-corrected chi connectivity index (χ0v) is 45.5. The number of nitrogens with zero attached hydrogens (tertiary/aromatic N) is 3. The van der Waals surface area contributed by atoms with Gasteiger partial charge in [0.1, 0.15) is 0 Å². The van der Waals surface area contributed by atoms with Gasteiger partial charge in [-0.05, 0) is 168 Å². The molecule has 3 aromatic heterocycles. The summed E-state index contributed by atoms with van der Waals surface area (Å²) in [6.07, 6.45) is 0.582. The van der Waals surface area contributed by atoms with E-state index in [-0.39, 0.29) is 29.5 Å². The van der Waals surface area contributed by atoms with Crippen LogP contribution in [-0.2, 0) is 22.4 Å². The highest BCUT2D eigenvalue weighted by Crippen LogP contribution is 2.41. The number of para-hydroxylation sites is 4. The highest BCUT2D eigenvalue weighted by Gasteiger charge is 2.21. The fraction of sp³-hybridized carbons (Fsp3) is 0.0541. The summed E-state index contributed by atoms with van der Waals surface area (Å²) in [5, 5.41) is 42.7. The van der Waals surface area contributed by atoms with Gasteiger partial charge in [-0.15, -0.1) is 0 Å². The molecule has 0 aliphatic carbocycles. The molecular formula is C74H55N7O2. The van der Waals surface area contributed by atoms with Crippen LogP contribution in [0.3, 0.4) is 0 Å². The number of hydrogen-bond donors (Lipinski definition) is 4. The van der Waals surface area contributed by atoms with Crippen molar-refractivity contribution in [2.75, 3.05) is 0 Å². The topological polar surface area (TPSA) is 129 Å². The highest BCUT2D eigenvalue weighted by atomic mass is 16.5. The molecule has 0 bridgehead atoms. The SMILES string of the molecule is C[C@@H](Cc1cc(C(=N)OC(=N)c2ccccc2)cc(C(=N)OC(=N)c2ccccc2)c1)Cn1c2ccc(-c3ccc4c(c3)c3ccccc3n4-c3ccccc3)cc2c2cc(-c3ccc4c(c3)c3ccccc3n4-c3ccccc3)ccc21. The van der Waals surface area contributed by atoms with Crippen molar-refractivity contribution in [3.05, 3.63) is 289 Å². The van der Waals surface area contributed by atoms with Gasteiger partial charge in [0.15, 0.2) is 0 Å². The summed E-state index contributed by atoms with van der Waals surface area (Å²) in [4.78, 5) is 0. The van der Waals surface area contributed by atoms with Crippen LogP contribution in [0, 0.1) is 27.6 Å². The van der Waals surface area contributed by atoms with Crippen LogP contribution in [0.4, 0.5) is 0 Å². The summed E-state index contributed by atoms with van der Waals surface area (Å²) in [6, 6.07) is 89.6. The Morgan fingerprint density at radius 2 is 0.651 bits per heavy atom. The van der Waals surface area contributed by atoms with Gasteiger partial charge in [0.2, 0.25) is 23.6 Å². The molecule has 0 aliphatic heterocycles. The maximum absolute atomic E-state index is 9.10. The van der Waals surface area contributed by atoms with Crippen LogP contribution in [-0.4, -0.2) is 37.3 Å². The van der Waals surface area contributed by atoms with Crippen LogP contribution in [0.2, 0.25) is 0 Å². The molecule has 14 rings (SSSR count). The first-order valence-corrected chi connectivity index (χ1v) is 27.9. The van der Waals surface area contributed by atoms with Gasteiger partial charge in [-0.1, -0.05) is 140 Å². The smallest absolute Gasteiger partial charge is 0.221 e. The fourth-order valence-electron chi connectivity index (χ4n) is 12.1. The van der Waals surface area contributed by atoms with Crippen molar-refractivity contribution < 1.29 is 9.47 Å². The number of rotatable bonds is 12. The second-order valence-corrected chi connectivity index (χ2v) is 21.4. The lowest BCUT2D eigenvalue weighted by atomic mass is 9.96. The first-order chi connectivity index (χ1) is 40.7. The van der Waals surface area contributed by atoms with E-state index in [1.807, 2.05) is 48.5 Å². The Labute approximate surface area is 479 Å². The molecular weight excluding hydrogens is 1020 g/mol. The Bertz CT molecular complexity index is 4590. The number of fused-ring (bicyclic) bond motifs is 9. The summed E-state index contributed by atoms with van der Waals surface area (Å²) >= 11 is 0. The fourth-order valence-corrected chi connectivity index (χ4v) is 12.1. The lowest BCUT2D eigenvalue weighted by Crippen LogP contribution is -2.17. The Morgan fingerprint density at radius 1 is 0.325 bits per heavy atom. The van der Waals surface area contributed by atoms with E-state index in [2.05, 4.69) is 203 Å². The van der Waals surface area contributed by atoms with Crippen LogP contribution < -0.4 is 0 Å². The standard InChI is InChI=1S/C74H55N7O2/c1-47(38-48-39-55(73(77)82-71(75)49-18-6-2-7-19-49)41-56(40-48)74(78)83-72(76)50-20-8-3-9-21-50)46-79-65-34-30-51(53-32-36-69-61(42-53)59-26-14-16-28-67(59)80(69)57-22-10-4-11-23-57)44-63(65)64-45-52(31-35-66(64)79)54-33-37-70-62(43-54)60-27-15-17-29-68(60)81(70)58-24-12-5-13-25-58/h2-37,39-45,47,75-78H,38,46H2,1H3/t47-/m0/s1. The Kier molecular flexibility index (Phi) is 12.7. The second kappa shape index (κ2) is 21.0. The third kappa shape index (κ3) is 9.30. The number of aromatic nitrogens is 3. The van der Waals surface area contributed by atoms with Crippen molar-refractivity contribution in [2.24, 2.45) is 5.92 Å². The van der Waals surface area contributed by atoms with E-state index in [4.69, 9.17) is 31.1 Å². The molecule has 0 aliphatic rings. The molecule has 0 saturated heterocycles. The molecule has 398 valence electrons. The lowest BCUT2D eigenvalue weighted by Gasteiger charge is -2.18. The lowest BCUT2D eigenvalue weighted by molar-refractivity contribution is 0.496. The third-order valence-electron chi connectivity index (χ3n) is 16.0. The summed E-state index contributed by atoms with van der Waals surface area (Å²) in [7, 11) is 0. The maximum atomic E-state index is 9.10. The van der Waals surface area contributed by atoms with Crippen molar-refractivity contribution >= 4 is 89.0 Å². The first-order valence-electron chi connectivity index (χ1n) is 27.9. The van der Waals surface area contributed by atoms with Gasteiger partial charge < -0.3 is 23.2 Å². The molecule has 9 nitrogen and oxygen atoms in total. The van der Waals surface area contributed by atoms with E-state index < -0.39 is 0 Å². The van der Waals surface area contributed by atoms with Crippen LogP contribution in [0.25, 0.3) is 99.0 Å². The molecule has 3 heterocycles. The van der Waals surface area contributed by atoms with Crippen LogP contribution in [0.15, 0.2) is 261 Å². The number of ether oxygens (including phenoxy) is 2. The minimum atomic E-state index is -0.225. The number of benzene rings is 11. The maximum Gasteiger partial charge on any atom is 0.221 e. The van der Waals surface area contributed by atoms with Crippen LogP contribution in [0.5, 0.6) is 0 Å². The van der Waals surface area contributed by atoms with Crippen molar-refractivity contribution in [1.29, 1.82) is 21.6 Å². The van der Waals surface area contributed by atoms with Gasteiger partial charge in [-0.3, -0.25) is 21.6 Å². The van der Waals surface area contributed by atoms with Crippen LogP contribution in [0.1, 0.15) is 34.7 Å². The summed E-state index contributed by atoms with van der Waals surface area (Å²) in [5.74, 6) is -0.703. The molecule has 0 amide bonds. The molecule has 9 heteroatoms. The van der Waals surface area contributed by atoms with E-state index in [1.54, 1.807) is 30.3 Å². The molecule has 0 fully saturated rings. The normalized spacial score (nSPS) is 11.9. The van der Waals surface area contributed by atoms with Crippen molar-refractivity contribution in [3.8, 4) is 33.6 Å². The zero-order valence-electron chi connectivity index (χ0n) is 45.5. The van der Waals surface area contributed by atoms with Crippen molar-refractivity contribution in [3.63, 3.8) is 0 Å². The molecule has 4 N–H and O–H groups in total. The summed E-state index contributed by atoms with van der Waals surface area (Å²) in [6.45, 7) is 2.89. The average Bonchev–Trinajstić information content (AvgIpc) is 4.22. The molecule has 0 spiro atoms. The van der Waals surface area contributed by atoms with E-state index in [9.17, 15) is 0 Å². The molecule has 11 aromatic carbocycles. The molecule has 0 unspecified atom stereocenters. The van der Waals surface area contributed by atoms with Crippen LogP contribution >= 0.6 is 0 Å². The predicted molar refractivity (Wildman–Crippen MR) is 341 cm³/mol. The molecule has 0 saturated carbocycles. The van der Waals surface area contributed by atoms with Gasteiger partial charge in [-0.25, -0.2) is 0 Å². The van der Waals surface area contributed by atoms with E-state index in [0.717, 1.165) is 72.0 Å². The largest absolute Gasteiger partial charge is 0.421 e. The first kappa shape index (κ1) is 50.3. The minimum Gasteiger partial charge on any atom is -0.421 e.